The van der Waals surface area contributed by atoms with Gasteiger partial charge >= 0.3 is 0 Å². The largest absolute Gasteiger partial charge is 0.368 e. The molecule has 0 saturated carbocycles. The molecule has 7 heteroatoms. The number of unbranched alkanes of at least 4 members (excludes halogenated alkanes) is 2. The number of nitrogens with one attached hydrogen (secondary N) is 1. The number of benzene rings is 1. The van der Waals surface area contributed by atoms with Gasteiger partial charge in [-0.25, -0.2) is 8.78 Å². The Morgan fingerprint density at radius 2 is 1.86 bits per heavy atom. The summed E-state index contributed by atoms with van der Waals surface area (Å²) in [5.74, 6) is -3.29. The van der Waals surface area contributed by atoms with Gasteiger partial charge in [-0.05, 0) is 31.4 Å². The first kappa shape index (κ1) is 16.6. The van der Waals surface area contributed by atoms with Gasteiger partial charge in [-0.2, -0.15) is 5.26 Å². The first-order chi connectivity index (χ1) is 9.93. The molecule has 2 amide bonds. The lowest BCUT2D eigenvalue weighted by Gasteiger charge is -2.15. The second-order valence-electron chi connectivity index (χ2n) is 4.49. The Morgan fingerprint density at radius 3 is 2.38 bits per heavy atom. The highest BCUT2D eigenvalue weighted by Crippen LogP contribution is 2.09. The summed E-state index contributed by atoms with van der Waals surface area (Å²) in [6.07, 6.45) is 1.71. The SMILES string of the molecule is N#CCCCC[C@@H](NC(=O)c1cc(F)cc(F)c1)C(N)=O. The third kappa shape index (κ3) is 5.57. The molecule has 1 aromatic rings. The zero-order chi connectivity index (χ0) is 15.8. The highest BCUT2D eigenvalue weighted by atomic mass is 19.1. The van der Waals surface area contributed by atoms with E-state index >= 15 is 0 Å². The van der Waals surface area contributed by atoms with Crippen molar-refractivity contribution in [2.24, 2.45) is 5.73 Å². The topological polar surface area (TPSA) is 96.0 Å². The van der Waals surface area contributed by atoms with E-state index in [2.05, 4.69) is 5.32 Å². The quantitative estimate of drug-likeness (QED) is 0.748. The van der Waals surface area contributed by atoms with Gasteiger partial charge in [0.2, 0.25) is 5.91 Å². The second kappa shape index (κ2) is 7.94. The maximum absolute atomic E-state index is 13.0. The monoisotopic (exact) mass is 295 g/mol. The highest BCUT2D eigenvalue weighted by Gasteiger charge is 2.19. The predicted molar refractivity (Wildman–Crippen MR) is 70.9 cm³/mol. The molecule has 1 aromatic carbocycles. The first-order valence-electron chi connectivity index (χ1n) is 6.37. The van der Waals surface area contributed by atoms with Crippen LogP contribution in [0.4, 0.5) is 8.78 Å². The van der Waals surface area contributed by atoms with Crippen LogP contribution in [0, 0.1) is 23.0 Å². The number of hydrogen-bond donors (Lipinski definition) is 2. The lowest BCUT2D eigenvalue weighted by Crippen LogP contribution is -2.44. The molecule has 1 rings (SSSR count). The van der Waals surface area contributed by atoms with Crippen molar-refractivity contribution in [3.8, 4) is 6.07 Å². The number of halogens is 2. The van der Waals surface area contributed by atoms with Crippen molar-refractivity contribution in [2.75, 3.05) is 0 Å². The number of carbonyl (C=O) groups excluding carboxylic acids is 2. The number of nitrogens with zero attached hydrogens (tertiary/aromatic N) is 1. The smallest absolute Gasteiger partial charge is 0.252 e. The molecule has 0 aromatic heterocycles. The van der Waals surface area contributed by atoms with Gasteiger partial charge in [-0.1, -0.05) is 0 Å². The number of nitriles is 1. The van der Waals surface area contributed by atoms with Crippen LogP contribution in [0.3, 0.4) is 0 Å². The molecule has 0 saturated heterocycles. The van der Waals surface area contributed by atoms with E-state index in [1.165, 1.54) is 0 Å². The molecule has 112 valence electrons. The minimum absolute atomic E-state index is 0.226. The van der Waals surface area contributed by atoms with E-state index in [1.54, 1.807) is 0 Å². The van der Waals surface area contributed by atoms with Gasteiger partial charge in [0.15, 0.2) is 0 Å². The third-order valence-electron chi connectivity index (χ3n) is 2.80. The fourth-order valence-corrected chi connectivity index (χ4v) is 1.76. The molecule has 21 heavy (non-hydrogen) atoms. The summed E-state index contributed by atoms with van der Waals surface area (Å²) < 4.78 is 26.1. The molecule has 0 aliphatic rings. The minimum atomic E-state index is -0.942. The average molecular weight is 295 g/mol. The normalized spacial score (nSPS) is 11.5. The van der Waals surface area contributed by atoms with E-state index in [-0.39, 0.29) is 12.0 Å². The van der Waals surface area contributed by atoms with Crippen LogP contribution in [0.25, 0.3) is 0 Å². The Bertz CT molecular complexity index is 550. The van der Waals surface area contributed by atoms with Crippen molar-refractivity contribution in [1.29, 1.82) is 5.26 Å². The molecule has 0 unspecified atom stereocenters. The molecular formula is C14H15F2N3O2. The molecule has 0 radical (unpaired) electrons. The maximum Gasteiger partial charge on any atom is 0.252 e. The number of nitrogens with two attached hydrogens (primary N) is 1. The summed E-state index contributed by atoms with van der Waals surface area (Å²) in [6, 6.07) is 3.40. The van der Waals surface area contributed by atoms with Gasteiger partial charge in [-0.15, -0.1) is 0 Å². The molecule has 0 aliphatic heterocycles. The van der Waals surface area contributed by atoms with E-state index in [9.17, 15) is 18.4 Å². The summed E-state index contributed by atoms with van der Waals surface area (Å²) in [7, 11) is 0. The molecule has 0 aliphatic carbocycles. The fraction of sp³-hybridized carbons (Fsp3) is 0.357. The van der Waals surface area contributed by atoms with E-state index in [0.29, 0.717) is 25.3 Å². The molecule has 5 nitrogen and oxygen atoms in total. The van der Waals surface area contributed by atoms with Crippen LogP contribution >= 0.6 is 0 Å². The van der Waals surface area contributed by atoms with Crippen LogP contribution in [0.15, 0.2) is 18.2 Å². The fourth-order valence-electron chi connectivity index (χ4n) is 1.76. The summed E-state index contributed by atoms with van der Waals surface area (Å²) >= 11 is 0. The third-order valence-corrected chi connectivity index (χ3v) is 2.80. The molecule has 0 bridgehead atoms. The van der Waals surface area contributed by atoms with E-state index in [4.69, 9.17) is 11.0 Å². The van der Waals surface area contributed by atoms with Gasteiger partial charge < -0.3 is 11.1 Å². The van der Waals surface area contributed by atoms with Crippen LogP contribution in [-0.2, 0) is 4.79 Å². The van der Waals surface area contributed by atoms with Gasteiger partial charge in [-0.3, -0.25) is 9.59 Å². The molecule has 0 heterocycles. The molecule has 1 atom stereocenters. The average Bonchev–Trinajstić information content (AvgIpc) is 2.40. The summed E-state index contributed by atoms with van der Waals surface area (Å²) in [5, 5.41) is 10.7. The maximum atomic E-state index is 13.0. The number of amides is 2. The van der Waals surface area contributed by atoms with Gasteiger partial charge in [0.05, 0.1) is 6.07 Å². The minimum Gasteiger partial charge on any atom is -0.368 e. The Hall–Kier alpha value is -2.49. The number of carbonyl (C=O) groups is 2. The van der Waals surface area contributed by atoms with Gasteiger partial charge in [0, 0.05) is 18.1 Å². The highest BCUT2D eigenvalue weighted by molar-refractivity contribution is 5.97. The Labute approximate surface area is 120 Å². The second-order valence-corrected chi connectivity index (χ2v) is 4.49. The zero-order valence-corrected chi connectivity index (χ0v) is 11.2. The molecule has 3 N–H and O–H groups in total. The summed E-state index contributed by atoms with van der Waals surface area (Å²) in [4.78, 5) is 23.1. The number of hydrogen-bond acceptors (Lipinski definition) is 3. The molecular weight excluding hydrogens is 280 g/mol. The summed E-state index contributed by atoms with van der Waals surface area (Å²) in [5.41, 5.74) is 4.94. The summed E-state index contributed by atoms with van der Waals surface area (Å²) in [6.45, 7) is 0. The first-order valence-corrected chi connectivity index (χ1v) is 6.37. The van der Waals surface area contributed by atoms with Gasteiger partial charge in [0.1, 0.15) is 17.7 Å². The van der Waals surface area contributed by atoms with Crippen molar-refractivity contribution in [3.05, 3.63) is 35.4 Å². The van der Waals surface area contributed by atoms with Crippen molar-refractivity contribution in [1.82, 2.24) is 5.32 Å². The van der Waals surface area contributed by atoms with E-state index in [0.717, 1.165) is 12.1 Å². The van der Waals surface area contributed by atoms with Crippen LogP contribution in [0.1, 0.15) is 36.0 Å². The van der Waals surface area contributed by atoms with E-state index in [1.807, 2.05) is 6.07 Å². The Balaban J connectivity index is 2.68. The lowest BCUT2D eigenvalue weighted by molar-refractivity contribution is -0.120. The van der Waals surface area contributed by atoms with Crippen molar-refractivity contribution in [3.63, 3.8) is 0 Å². The standard InChI is InChI=1S/C14H15F2N3O2/c15-10-6-9(7-11(16)8-10)14(21)19-12(13(18)20)4-2-1-3-5-17/h6-8,12H,1-4H2,(H2,18,20)(H,19,21)/t12-/m1/s1. The van der Waals surface area contributed by atoms with Crippen LogP contribution in [0.2, 0.25) is 0 Å². The zero-order valence-electron chi connectivity index (χ0n) is 11.2. The molecule has 0 spiro atoms. The number of primary amides is 1. The van der Waals surface area contributed by atoms with Crippen LogP contribution in [-0.4, -0.2) is 17.9 Å². The molecule has 0 fully saturated rings. The van der Waals surface area contributed by atoms with Crippen LogP contribution in [0.5, 0.6) is 0 Å². The van der Waals surface area contributed by atoms with E-state index < -0.39 is 29.5 Å². The van der Waals surface area contributed by atoms with Crippen molar-refractivity contribution >= 4 is 11.8 Å². The Kier molecular flexibility index (Phi) is 6.27. The van der Waals surface area contributed by atoms with Crippen molar-refractivity contribution < 1.29 is 18.4 Å². The Morgan fingerprint density at radius 1 is 1.24 bits per heavy atom. The van der Waals surface area contributed by atoms with Gasteiger partial charge in [0.25, 0.3) is 5.91 Å². The lowest BCUT2D eigenvalue weighted by atomic mass is 10.1. The predicted octanol–water partition coefficient (Wildman–Crippen LogP) is 1.63. The van der Waals surface area contributed by atoms with Crippen LogP contribution < -0.4 is 11.1 Å². The number of rotatable bonds is 7. The van der Waals surface area contributed by atoms with Crippen molar-refractivity contribution in [2.45, 2.75) is 31.7 Å².